The lowest BCUT2D eigenvalue weighted by molar-refractivity contribution is -0.788. The third kappa shape index (κ3) is 1.96. The minimum atomic E-state index is 0.732. The molecule has 4 nitrogen and oxygen atoms in total. The molecule has 2 aromatic heterocycles. The van der Waals surface area contributed by atoms with Crippen molar-refractivity contribution in [3.8, 4) is 11.4 Å². The molecule has 0 saturated carbocycles. The van der Waals surface area contributed by atoms with Gasteiger partial charge in [-0.15, -0.1) is 0 Å². The molecule has 0 aliphatic rings. The summed E-state index contributed by atoms with van der Waals surface area (Å²) in [5, 5.41) is 1.03. The third-order valence-electron chi connectivity index (χ3n) is 3.73. The van der Waals surface area contributed by atoms with Crippen molar-refractivity contribution in [1.29, 1.82) is 0 Å². The molecule has 0 aliphatic carbocycles. The maximum atomic E-state index is 5.99. The number of hydrogen-bond acceptors (Lipinski definition) is 3. The Hall–Kier alpha value is -2.72. The molecule has 0 fully saturated rings. The summed E-state index contributed by atoms with van der Waals surface area (Å²) >= 11 is 0. The summed E-state index contributed by atoms with van der Waals surface area (Å²) in [6.07, 6.45) is 0. The largest absolute Gasteiger partial charge is 0.446 e. The maximum absolute atomic E-state index is 5.99. The summed E-state index contributed by atoms with van der Waals surface area (Å²) in [4.78, 5) is 10.6. The molecule has 0 spiro atoms. The highest BCUT2D eigenvalue weighted by molar-refractivity contribution is 6.05. The van der Waals surface area contributed by atoms with E-state index in [-0.39, 0.29) is 0 Å². The van der Waals surface area contributed by atoms with E-state index in [9.17, 15) is 0 Å². The number of hydrogen-bond donors (Lipinski definition) is 1. The highest BCUT2D eigenvalue weighted by Gasteiger charge is 2.20. The topological polar surface area (TPSA) is 43.4 Å². The van der Waals surface area contributed by atoms with Gasteiger partial charge < -0.3 is 4.42 Å². The summed E-state index contributed by atoms with van der Waals surface area (Å²) < 4.78 is 5.99. The van der Waals surface area contributed by atoms with Crippen LogP contribution in [0, 0.1) is 0 Å². The van der Waals surface area contributed by atoms with E-state index < -0.39 is 0 Å². The van der Waals surface area contributed by atoms with Crippen LogP contribution < -0.4 is 4.90 Å². The Morgan fingerprint density at radius 1 is 0.864 bits per heavy atom. The molecule has 0 bridgehead atoms. The van der Waals surface area contributed by atoms with Gasteiger partial charge in [-0.2, -0.15) is 4.98 Å². The van der Waals surface area contributed by atoms with Crippen LogP contribution in [0.4, 0.5) is 5.82 Å². The summed E-state index contributed by atoms with van der Waals surface area (Å²) in [7, 11) is 4.09. The first kappa shape index (κ1) is 13.0. The number of nitrogens with one attached hydrogen (secondary N) is 1. The lowest BCUT2D eigenvalue weighted by Gasteiger charge is -2.07. The Morgan fingerprint density at radius 3 is 2.36 bits per heavy atom. The monoisotopic (exact) mass is 290 g/mol. The lowest BCUT2D eigenvalue weighted by atomic mass is 10.2. The molecule has 1 N–H and O–H groups in total. The molecule has 0 aliphatic heterocycles. The molecule has 0 amide bonds. The highest BCUT2D eigenvalue weighted by Crippen LogP contribution is 2.31. The Balaban J connectivity index is 2.10. The van der Waals surface area contributed by atoms with Crippen molar-refractivity contribution in [3.63, 3.8) is 0 Å². The second-order valence-corrected chi connectivity index (χ2v) is 5.54. The van der Waals surface area contributed by atoms with Crippen molar-refractivity contribution in [2.75, 3.05) is 14.1 Å². The van der Waals surface area contributed by atoms with Gasteiger partial charge in [0.25, 0.3) is 5.82 Å². The van der Waals surface area contributed by atoms with E-state index in [2.05, 4.69) is 0 Å². The molecule has 22 heavy (non-hydrogen) atoms. The van der Waals surface area contributed by atoms with Crippen molar-refractivity contribution in [2.24, 2.45) is 0 Å². The standard InChI is InChI=1S/C18H15N3O/c1-21(2)18-16-15(13-10-6-7-11-14(13)22-16)19-17(20-18)12-8-4-3-5-9-12/h3-11H,1-2H3/p+1. The molecular weight excluding hydrogens is 274 g/mol. The van der Waals surface area contributed by atoms with E-state index in [1.165, 1.54) is 0 Å². The average molecular weight is 290 g/mol. The molecule has 4 heteroatoms. The van der Waals surface area contributed by atoms with Crippen LogP contribution >= 0.6 is 0 Å². The summed E-state index contributed by atoms with van der Waals surface area (Å²) in [5.74, 6) is 1.61. The van der Waals surface area contributed by atoms with E-state index in [0.29, 0.717) is 0 Å². The summed E-state index contributed by atoms with van der Waals surface area (Å²) in [5.41, 5.74) is 3.50. The number of fused-ring (bicyclic) bond motifs is 3. The van der Waals surface area contributed by atoms with Gasteiger partial charge in [-0.25, -0.2) is 4.98 Å². The van der Waals surface area contributed by atoms with Gasteiger partial charge in [0.15, 0.2) is 5.82 Å². The molecule has 0 unspecified atom stereocenters. The fourth-order valence-electron chi connectivity index (χ4n) is 2.65. The van der Waals surface area contributed by atoms with Crippen LogP contribution in [0.3, 0.4) is 0 Å². The Morgan fingerprint density at radius 2 is 1.59 bits per heavy atom. The Bertz CT molecular complexity index is 958. The van der Waals surface area contributed by atoms with E-state index in [0.717, 1.165) is 44.2 Å². The maximum Gasteiger partial charge on any atom is 0.273 e. The fourth-order valence-corrected chi connectivity index (χ4v) is 2.65. The van der Waals surface area contributed by atoms with Crippen molar-refractivity contribution >= 4 is 27.9 Å². The van der Waals surface area contributed by atoms with Crippen LogP contribution in [0.1, 0.15) is 0 Å². The molecule has 4 rings (SSSR count). The molecular formula is C18H16N3O+. The molecule has 0 radical (unpaired) electrons. The predicted octanol–water partition coefficient (Wildman–Crippen LogP) is 2.82. The number of aromatic nitrogens is 2. The zero-order valence-corrected chi connectivity index (χ0v) is 12.5. The third-order valence-corrected chi connectivity index (χ3v) is 3.73. The van der Waals surface area contributed by atoms with Crippen molar-refractivity contribution < 1.29 is 9.32 Å². The van der Waals surface area contributed by atoms with Crippen LogP contribution in [0.5, 0.6) is 0 Å². The summed E-state index contributed by atoms with van der Waals surface area (Å²) in [6.45, 7) is 0. The average Bonchev–Trinajstić information content (AvgIpc) is 2.93. The van der Waals surface area contributed by atoms with Gasteiger partial charge in [-0.3, -0.25) is 4.90 Å². The SMILES string of the molecule is C[NH+](C)c1nc(-c2ccccc2)nc2c1oc1ccccc12. The van der Waals surface area contributed by atoms with Gasteiger partial charge in [0.1, 0.15) is 11.1 Å². The molecule has 4 aromatic rings. The predicted molar refractivity (Wildman–Crippen MR) is 87.2 cm³/mol. The Labute approximate surface area is 128 Å². The molecule has 2 heterocycles. The zero-order chi connectivity index (χ0) is 15.1. The van der Waals surface area contributed by atoms with Gasteiger partial charge in [-0.05, 0) is 12.1 Å². The van der Waals surface area contributed by atoms with Crippen LogP contribution in [0.2, 0.25) is 0 Å². The normalized spacial score (nSPS) is 11.6. The van der Waals surface area contributed by atoms with Crippen molar-refractivity contribution in [3.05, 3.63) is 54.6 Å². The van der Waals surface area contributed by atoms with Gasteiger partial charge in [0.2, 0.25) is 5.58 Å². The lowest BCUT2D eigenvalue weighted by Crippen LogP contribution is -3.00. The van der Waals surface area contributed by atoms with Gasteiger partial charge in [0.05, 0.1) is 14.1 Å². The molecule has 0 atom stereocenters. The number of furan rings is 1. The highest BCUT2D eigenvalue weighted by atomic mass is 16.3. The van der Waals surface area contributed by atoms with Gasteiger partial charge in [-0.1, -0.05) is 42.5 Å². The smallest absolute Gasteiger partial charge is 0.273 e. The van der Waals surface area contributed by atoms with E-state index in [4.69, 9.17) is 14.4 Å². The zero-order valence-electron chi connectivity index (χ0n) is 12.5. The van der Waals surface area contributed by atoms with Gasteiger partial charge in [0, 0.05) is 10.9 Å². The quantitative estimate of drug-likeness (QED) is 0.617. The number of nitrogens with zero attached hydrogens (tertiary/aromatic N) is 2. The Kier molecular flexibility index (Phi) is 2.91. The number of benzene rings is 2. The first-order chi connectivity index (χ1) is 10.7. The van der Waals surface area contributed by atoms with Crippen LogP contribution in [0.15, 0.2) is 59.0 Å². The van der Waals surface area contributed by atoms with E-state index in [1.54, 1.807) is 0 Å². The van der Waals surface area contributed by atoms with Crippen molar-refractivity contribution in [1.82, 2.24) is 9.97 Å². The van der Waals surface area contributed by atoms with E-state index in [1.807, 2.05) is 68.7 Å². The van der Waals surface area contributed by atoms with Gasteiger partial charge >= 0.3 is 0 Å². The fraction of sp³-hybridized carbons (Fsp3) is 0.111. The molecule has 108 valence electrons. The van der Waals surface area contributed by atoms with Crippen molar-refractivity contribution in [2.45, 2.75) is 0 Å². The minimum absolute atomic E-state index is 0.732. The minimum Gasteiger partial charge on any atom is -0.446 e. The summed E-state index contributed by atoms with van der Waals surface area (Å²) in [6, 6.07) is 18.0. The first-order valence-corrected chi connectivity index (χ1v) is 7.29. The number of quaternary nitrogens is 1. The first-order valence-electron chi connectivity index (χ1n) is 7.29. The molecule has 0 saturated heterocycles. The second-order valence-electron chi connectivity index (χ2n) is 5.54. The number of rotatable bonds is 2. The molecule has 2 aromatic carbocycles. The van der Waals surface area contributed by atoms with Crippen LogP contribution in [0.25, 0.3) is 33.5 Å². The van der Waals surface area contributed by atoms with E-state index >= 15 is 0 Å². The second kappa shape index (κ2) is 4.93. The number of para-hydroxylation sites is 1. The van der Waals surface area contributed by atoms with Crippen LogP contribution in [-0.4, -0.2) is 24.1 Å². The van der Waals surface area contributed by atoms with Crippen LogP contribution in [-0.2, 0) is 0 Å².